The van der Waals surface area contributed by atoms with Crippen LogP contribution in [0.2, 0.25) is 0 Å². The topological polar surface area (TPSA) is 22.1 Å². The number of ether oxygens (including phenoxy) is 1. The Labute approximate surface area is 78.2 Å². The highest BCUT2D eigenvalue weighted by Crippen LogP contribution is 2.17. The van der Waals surface area contributed by atoms with Crippen LogP contribution >= 0.6 is 15.9 Å². The molecule has 0 spiro atoms. The van der Waals surface area contributed by atoms with Crippen molar-refractivity contribution in [2.75, 3.05) is 7.11 Å². The Morgan fingerprint density at radius 2 is 2.42 bits per heavy atom. The van der Waals surface area contributed by atoms with Gasteiger partial charge in [0, 0.05) is 22.3 Å². The van der Waals surface area contributed by atoms with Crippen LogP contribution in [0.15, 0.2) is 23.0 Å². The maximum absolute atomic E-state index is 12.5. The minimum Gasteiger partial charge on any atom is -0.504 e. The molecule has 12 heavy (non-hydrogen) atoms. The number of aromatic nitrogens is 1. The Kier molecular flexibility index (Phi) is 3.22. The summed E-state index contributed by atoms with van der Waals surface area (Å²) in [5, 5.41) is 0. The lowest BCUT2D eigenvalue weighted by Crippen LogP contribution is -1.84. The van der Waals surface area contributed by atoms with Crippen LogP contribution in [-0.4, -0.2) is 12.1 Å². The van der Waals surface area contributed by atoms with Crippen LogP contribution in [0.5, 0.6) is 0 Å². The third-order valence-corrected chi connectivity index (χ3v) is 1.92. The Balaban J connectivity index is 2.94. The first-order chi connectivity index (χ1) is 5.74. The summed E-state index contributed by atoms with van der Waals surface area (Å²) >= 11 is 3.19. The second kappa shape index (κ2) is 4.21. The van der Waals surface area contributed by atoms with Crippen molar-refractivity contribution in [2.24, 2.45) is 0 Å². The van der Waals surface area contributed by atoms with Gasteiger partial charge in [-0.25, -0.2) is 4.98 Å². The van der Waals surface area contributed by atoms with Gasteiger partial charge in [0.1, 0.15) is 0 Å². The van der Waals surface area contributed by atoms with E-state index in [4.69, 9.17) is 4.74 Å². The van der Waals surface area contributed by atoms with Gasteiger partial charge in [0.15, 0.2) is 0 Å². The molecule has 0 fully saturated rings. The average molecular weight is 232 g/mol. The molecule has 0 atom stereocenters. The highest BCUT2D eigenvalue weighted by molar-refractivity contribution is 9.10. The maximum Gasteiger partial charge on any atom is 0.213 e. The van der Waals surface area contributed by atoms with E-state index in [1.165, 1.54) is 18.5 Å². The average Bonchev–Trinajstić information content (AvgIpc) is 2.03. The lowest BCUT2D eigenvalue weighted by Gasteiger charge is -1.96. The van der Waals surface area contributed by atoms with Crippen molar-refractivity contribution in [3.63, 3.8) is 0 Å². The van der Waals surface area contributed by atoms with E-state index in [0.29, 0.717) is 4.47 Å². The minimum absolute atomic E-state index is 0.503. The van der Waals surface area contributed by atoms with Gasteiger partial charge in [0.05, 0.1) is 13.4 Å². The van der Waals surface area contributed by atoms with Crippen LogP contribution in [0, 0.1) is 5.95 Å². The first kappa shape index (κ1) is 9.19. The van der Waals surface area contributed by atoms with Crippen molar-refractivity contribution >= 4 is 22.0 Å². The molecule has 0 aromatic carbocycles. The van der Waals surface area contributed by atoms with Crippen molar-refractivity contribution in [3.8, 4) is 0 Å². The van der Waals surface area contributed by atoms with Gasteiger partial charge in [-0.2, -0.15) is 4.39 Å². The maximum atomic E-state index is 12.5. The zero-order valence-electron chi connectivity index (χ0n) is 6.42. The number of halogens is 2. The monoisotopic (exact) mass is 231 g/mol. The first-order valence-electron chi connectivity index (χ1n) is 3.24. The zero-order valence-corrected chi connectivity index (χ0v) is 8.01. The fraction of sp³-hybridized carbons (Fsp3) is 0.125. The normalized spacial score (nSPS) is 10.6. The molecule has 1 aromatic rings. The van der Waals surface area contributed by atoms with E-state index in [-0.39, 0.29) is 0 Å². The van der Waals surface area contributed by atoms with Crippen LogP contribution in [0.1, 0.15) is 5.56 Å². The molecule has 0 saturated heterocycles. The molecule has 0 aliphatic heterocycles. The Morgan fingerprint density at radius 1 is 1.67 bits per heavy atom. The van der Waals surface area contributed by atoms with Gasteiger partial charge >= 0.3 is 0 Å². The van der Waals surface area contributed by atoms with E-state index < -0.39 is 5.95 Å². The van der Waals surface area contributed by atoms with Crippen molar-refractivity contribution in [1.29, 1.82) is 0 Å². The Bertz CT molecular complexity index is 301. The summed E-state index contributed by atoms with van der Waals surface area (Å²) in [6.07, 6.45) is 4.62. The minimum atomic E-state index is -0.503. The van der Waals surface area contributed by atoms with Crippen LogP contribution in [0.25, 0.3) is 6.08 Å². The predicted molar refractivity (Wildman–Crippen MR) is 47.9 cm³/mol. The van der Waals surface area contributed by atoms with Gasteiger partial charge in [0.2, 0.25) is 5.95 Å². The molecule has 0 aliphatic carbocycles. The lowest BCUT2D eigenvalue weighted by molar-refractivity contribution is 0.341. The highest BCUT2D eigenvalue weighted by atomic mass is 79.9. The molecular weight excluding hydrogens is 225 g/mol. The van der Waals surface area contributed by atoms with Gasteiger partial charge < -0.3 is 4.74 Å². The molecule has 64 valence electrons. The van der Waals surface area contributed by atoms with Crippen LogP contribution in [0.4, 0.5) is 4.39 Å². The molecule has 1 rings (SSSR count). The summed E-state index contributed by atoms with van der Waals surface area (Å²) in [6, 6.07) is 1.30. The van der Waals surface area contributed by atoms with Gasteiger partial charge in [0.25, 0.3) is 0 Å². The Morgan fingerprint density at radius 3 is 3.00 bits per heavy atom. The molecule has 2 nitrogen and oxygen atoms in total. The van der Waals surface area contributed by atoms with Gasteiger partial charge in [-0.05, 0) is 22.0 Å². The molecule has 4 heteroatoms. The van der Waals surface area contributed by atoms with Gasteiger partial charge in [-0.3, -0.25) is 0 Å². The fourth-order valence-corrected chi connectivity index (χ4v) is 1.11. The number of hydrogen-bond acceptors (Lipinski definition) is 2. The fourth-order valence-electron chi connectivity index (χ4n) is 0.682. The van der Waals surface area contributed by atoms with Gasteiger partial charge in [-0.1, -0.05) is 0 Å². The second-order valence-electron chi connectivity index (χ2n) is 2.07. The third kappa shape index (κ3) is 2.30. The van der Waals surface area contributed by atoms with E-state index in [1.807, 2.05) is 0 Å². The summed E-state index contributed by atoms with van der Waals surface area (Å²) < 4.78 is 17.8. The summed E-state index contributed by atoms with van der Waals surface area (Å²) in [4.78, 5) is 3.49. The molecule has 0 aliphatic rings. The summed E-state index contributed by atoms with van der Waals surface area (Å²) in [5.41, 5.74) is 0.776. The molecule has 0 bridgehead atoms. The predicted octanol–water partition coefficient (Wildman–Crippen LogP) is 2.60. The quantitative estimate of drug-likeness (QED) is 0.577. The molecular formula is C8H7BrFNO. The molecule has 1 aromatic heterocycles. The summed E-state index contributed by atoms with van der Waals surface area (Å²) in [6.45, 7) is 0. The van der Waals surface area contributed by atoms with Crippen molar-refractivity contribution in [2.45, 2.75) is 0 Å². The van der Waals surface area contributed by atoms with E-state index in [2.05, 4.69) is 20.9 Å². The largest absolute Gasteiger partial charge is 0.504 e. The molecule has 0 unspecified atom stereocenters. The smallest absolute Gasteiger partial charge is 0.213 e. The molecule has 1 heterocycles. The van der Waals surface area contributed by atoms with E-state index in [1.54, 1.807) is 13.2 Å². The number of hydrogen-bond donors (Lipinski definition) is 0. The molecule has 0 radical (unpaired) electrons. The second-order valence-corrected chi connectivity index (χ2v) is 2.92. The third-order valence-electron chi connectivity index (χ3n) is 1.23. The van der Waals surface area contributed by atoms with Gasteiger partial charge in [-0.15, -0.1) is 0 Å². The standard InChI is InChI=1S/C8H7BrFNO/c1-12-3-2-6-5-11-8(10)4-7(6)9/h2-5H,1H3/b3-2-. The number of methoxy groups -OCH3 is 1. The zero-order chi connectivity index (χ0) is 8.97. The number of pyridine rings is 1. The molecule has 0 saturated carbocycles. The van der Waals surface area contributed by atoms with Crippen LogP contribution < -0.4 is 0 Å². The van der Waals surface area contributed by atoms with E-state index in [9.17, 15) is 4.39 Å². The summed E-state index contributed by atoms with van der Waals surface area (Å²) in [5.74, 6) is -0.503. The van der Waals surface area contributed by atoms with Crippen LogP contribution in [0.3, 0.4) is 0 Å². The molecule has 0 amide bonds. The van der Waals surface area contributed by atoms with Crippen LogP contribution in [-0.2, 0) is 4.74 Å². The SMILES string of the molecule is CO/C=C\c1cnc(F)cc1Br. The number of nitrogens with zero attached hydrogens (tertiary/aromatic N) is 1. The van der Waals surface area contributed by atoms with Crippen molar-refractivity contribution < 1.29 is 9.13 Å². The lowest BCUT2D eigenvalue weighted by atomic mass is 10.3. The number of rotatable bonds is 2. The summed E-state index contributed by atoms with van der Waals surface area (Å²) in [7, 11) is 1.54. The van der Waals surface area contributed by atoms with Crippen molar-refractivity contribution in [3.05, 3.63) is 34.5 Å². The highest BCUT2D eigenvalue weighted by Gasteiger charge is 1.98. The van der Waals surface area contributed by atoms with E-state index in [0.717, 1.165) is 5.56 Å². The Hall–Kier alpha value is -0.900. The van der Waals surface area contributed by atoms with E-state index >= 15 is 0 Å². The first-order valence-corrected chi connectivity index (χ1v) is 4.03. The van der Waals surface area contributed by atoms with Crippen molar-refractivity contribution in [1.82, 2.24) is 4.98 Å². The molecule has 0 N–H and O–H groups in total.